The molecule has 6 nitrogen and oxygen atoms in total. The van der Waals surface area contributed by atoms with Crippen molar-refractivity contribution in [1.29, 1.82) is 0 Å². The van der Waals surface area contributed by atoms with E-state index in [1.54, 1.807) is 0 Å². The van der Waals surface area contributed by atoms with Crippen molar-refractivity contribution in [1.82, 2.24) is 25.4 Å². The van der Waals surface area contributed by atoms with E-state index in [1.807, 2.05) is 4.90 Å². The third-order valence-corrected chi connectivity index (χ3v) is 3.50. The van der Waals surface area contributed by atoms with Crippen molar-refractivity contribution in [2.45, 2.75) is 44.7 Å². The highest BCUT2D eigenvalue weighted by molar-refractivity contribution is 5.90. The minimum absolute atomic E-state index is 0.0571. The highest BCUT2D eigenvalue weighted by Gasteiger charge is 2.31. The van der Waals surface area contributed by atoms with Crippen LogP contribution in [0, 0.1) is 0 Å². The minimum atomic E-state index is -0.0571. The number of carbonyl (C=O) groups excluding carboxylic acids is 1. The second-order valence-electron chi connectivity index (χ2n) is 5.50. The van der Waals surface area contributed by atoms with Crippen molar-refractivity contribution < 1.29 is 4.79 Å². The summed E-state index contributed by atoms with van der Waals surface area (Å²) in [5, 5.41) is 10.3. The molecule has 6 heteroatoms. The predicted octanol–water partition coefficient (Wildman–Crippen LogP) is 0.504. The molecule has 0 aromatic carbocycles. The lowest BCUT2D eigenvalue weighted by Crippen LogP contribution is -2.56. The first-order chi connectivity index (χ1) is 8.63. The molecule has 0 radical (unpaired) electrons. The van der Waals surface area contributed by atoms with Crippen molar-refractivity contribution in [2.75, 3.05) is 13.1 Å². The van der Waals surface area contributed by atoms with Crippen molar-refractivity contribution in [3.05, 3.63) is 11.6 Å². The maximum Gasteiger partial charge on any atom is 0.293 e. The topological polar surface area (TPSA) is 73.9 Å². The van der Waals surface area contributed by atoms with Crippen LogP contribution < -0.4 is 5.32 Å². The second-order valence-corrected chi connectivity index (χ2v) is 5.50. The molecule has 0 bridgehead atoms. The molecule has 1 saturated heterocycles. The van der Waals surface area contributed by atoms with Gasteiger partial charge in [-0.25, -0.2) is 4.98 Å². The Hall–Kier alpha value is -1.43. The SMILES string of the molecule is CC1CN(C(=O)c2n[nH]c(C3CC3)n2)CC(C)N1. The zero-order valence-electron chi connectivity index (χ0n) is 10.8. The van der Waals surface area contributed by atoms with Crippen LogP contribution in [0.1, 0.15) is 49.1 Å². The molecule has 2 atom stereocenters. The Kier molecular flexibility index (Phi) is 2.81. The highest BCUT2D eigenvalue weighted by atomic mass is 16.2. The minimum Gasteiger partial charge on any atom is -0.333 e. The number of hydrogen-bond acceptors (Lipinski definition) is 4. The van der Waals surface area contributed by atoms with E-state index in [9.17, 15) is 4.79 Å². The number of carbonyl (C=O) groups is 1. The molecule has 2 aliphatic rings. The number of aromatic nitrogens is 3. The van der Waals surface area contributed by atoms with Crippen LogP contribution in [0.5, 0.6) is 0 Å². The van der Waals surface area contributed by atoms with E-state index in [0.29, 0.717) is 23.8 Å². The molecular weight excluding hydrogens is 230 g/mol. The second kappa shape index (κ2) is 4.35. The number of amides is 1. The molecule has 1 amide bonds. The Morgan fingerprint density at radius 1 is 1.28 bits per heavy atom. The maximum absolute atomic E-state index is 12.3. The van der Waals surface area contributed by atoms with Gasteiger partial charge < -0.3 is 10.2 Å². The molecule has 1 saturated carbocycles. The largest absolute Gasteiger partial charge is 0.333 e. The summed E-state index contributed by atoms with van der Waals surface area (Å²) < 4.78 is 0. The zero-order chi connectivity index (χ0) is 12.7. The third kappa shape index (κ3) is 2.25. The third-order valence-electron chi connectivity index (χ3n) is 3.50. The van der Waals surface area contributed by atoms with Gasteiger partial charge in [0.1, 0.15) is 5.82 Å². The van der Waals surface area contributed by atoms with Gasteiger partial charge >= 0.3 is 0 Å². The van der Waals surface area contributed by atoms with Gasteiger partial charge in [0.15, 0.2) is 0 Å². The van der Waals surface area contributed by atoms with Crippen LogP contribution in [0.2, 0.25) is 0 Å². The Labute approximate surface area is 106 Å². The zero-order valence-corrected chi connectivity index (χ0v) is 10.8. The molecule has 3 rings (SSSR count). The molecule has 1 aliphatic carbocycles. The van der Waals surface area contributed by atoms with E-state index >= 15 is 0 Å². The molecule has 2 unspecified atom stereocenters. The lowest BCUT2D eigenvalue weighted by molar-refractivity contribution is 0.0662. The molecule has 0 spiro atoms. The summed E-state index contributed by atoms with van der Waals surface area (Å²) in [6.07, 6.45) is 2.31. The summed E-state index contributed by atoms with van der Waals surface area (Å²) in [5.41, 5.74) is 0. The van der Waals surface area contributed by atoms with Gasteiger partial charge in [-0.2, -0.15) is 0 Å². The first kappa shape index (κ1) is 11.6. The monoisotopic (exact) mass is 249 g/mol. The lowest BCUT2D eigenvalue weighted by Gasteiger charge is -2.35. The van der Waals surface area contributed by atoms with Gasteiger partial charge in [0.25, 0.3) is 5.91 Å². The molecule has 1 aromatic heterocycles. The number of aromatic amines is 1. The van der Waals surface area contributed by atoms with E-state index in [4.69, 9.17) is 0 Å². The van der Waals surface area contributed by atoms with Crippen molar-refractivity contribution >= 4 is 5.91 Å². The van der Waals surface area contributed by atoms with E-state index in [1.165, 1.54) is 0 Å². The van der Waals surface area contributed by atoms with E-state index in [0.717, 1.165) is 31.8 Å². The Morgan fingerprint density at radius 3 is 2.56 bits per heavy atom. The molecule has 1 aliphatic heterocycles. The first-order valence-corrected chi connectivity index (χ1v) is 6.61. The number of H-pyrrole nitrogens is 1. The van der Waals surface area contributed by atoms with Crippen LogP contribution in [0.25, 0.3) is 0 Å². The molecule has 2 fully saturated rings. The Morgan fingerprint density at radius 2 is 1.94 bits per heavy atom. The van der Waals surface area contributed by atoms with Crippen LogP contribution in [0.15, 0.2) is 0 Å². The summed E-state index contributed by atoms with van der Waals surface area (Å²) >= 11 is 0. The predicted molar refractivity (Wildman–Crippen MR) is 66.3 cm³/mol. The fourth-order valence-corrected chi connectivity index (χ4v) is 2.54. The van der Waals surface area contributed by atoms with Crippen LogP contribution >= 0.6 is 0 Å². The Bertz CT molecular complexity index is 443. The number of hydrogen-bond donors (Lipinski definition) is 2. The molecule has 2 N–H and O–H groups in total. The quantitative estimate of drug-likeness (QED) is 0.800. The summed E-state index contributed by atoms with van der Waals surface area (Å²) in [6, 6.07) is 0.638. The molecule has 2 heterocycles. The average Bonchev–Trinajstić information content (AvgIpc) is 3.05. The molecule has 1 aromatic rings. The summed E-state index contributed by atoms with van der Waals surface area (Å²) in [7, 11) is 0. The summed E-state index contributed by atoms with van der Waals surface area (Å²) in [4.78, 5) is 18.5. The number of rotatable bonds is 2. The van der Waals surface area contributed by atoms with Gasteiger partial charge in [0.05, 0.1) is 0 Å². The van der Waals surface area contributed by atoms with Gasteiger partial charge in [0.2, 0.25) is 5.82 Å². The molecule has 18 heavy (non-hydrogen) atoms. The van der Waals surface area contributed by atoms with Gasteiger partial charge in [-0.3, -0.25) is 9.89 Å². The van der Waals surface area contributed by atoms with Crippen molar-refractivity contribution in [3.8, 4) is 0 Å². The normalized spacial score (nSPS) is 28.4. The summed E-state index contributed by atoms with van der Waals surface area (Å²) in [5.74, 6) is 1.63. The molecular formula is C12H19N5O. The van der Waals surface area contributed by atoms with E-state index < -0.39 is 0 Å². The van der Waals surface area contributed by atoms with Crippen LogP contribution in [0.3, 0.4) is 0 Å². The highest BCUT2D eigenvalue weighted by Crippen LogP contribution is 2.37. The first-order valence-electron chi connectivity index (χ1n) is 6.61. The van der Waals surface area contributed by atoms with Crippen LogP contribution in [-0.4, -0.2) is 51.2 Å². The number of nitrogens with one attached hydrogen (secondary N) is 2. The van der Waals surface area contributed by atoms with Gasteiger partial charge in [-0.1, -0.05) is 0 Å². The Balaban J connectivity index is 1.72. The number of nitrogens with zero attached hydrogens (tertiary/aromatic N) is 3. The van der Waals surface area contributed by atoms with Crippen molar-refractivity contribution in [3.63, 3.8) is 0 Å². The fourth-order valence-electron chi connectivity index (χ4n) is 2.54. The van der Waals surface area contributed by atoms with Crippen LogP contribution in [0.4, 0.5) is 0 Å². The fraction of sp³-hybridized carbons (Fsp3) is 0.750. The maximum atomic E-state index is 12.3. The summed E-state index contributed by atoms with van der Waals surface area (Å²) in [6.45, 7) is 5.61. The van der Waals surface area contributed by atoms with Gasteiger partial charge in [-0.15, -0.1) is 5.10 Å². The van der Waals surface area contributed by atoms with Crippen molar-refractivity contribution in [2.24, 2.45) is 0 Å². The average molecular weight is 249 g/mol. The smallest absolute Gasteiger partial charge is 0.293 e. The molecule has 98 valence electrons. The standard InChI is InChI=1S/C12H19N5O/c1-7-5-17(6-8(2)13-7)12(18)11-14-10(15-16-11)9-3-4-9/h7-9,13H,3-6H2,1-2H3,(H,14,15,16). The van der Waals surface area contributed by atoms with E-state index in [2.05, 4.69) is 34.3 Å². The van der Waals surface area contributed by atoms with E-state index in [-0.39, 0.29) is 5.91 Å². The van der Waals surface area contributed by atoms with Gasteiger partial charge in [0, 0.05) is 31.1 Å². The number of piperazine rings is 1. The van der Waals surface area contributed by atoms with Crippen LogP contribution in [-0.2, 0) is 0 Å². The van der Waals surface area contributed by atoms with Gasteiger partial charge in [-0.05, 0) is 26.7 Å². The lowest BCUT2D eigenvalue weighted by atomic mass is 10.1.